The number of amides is 2. The summed E-state index contributed by atoms with van der Waals surface area (Å²) in [5.41, 5.74) is 4.56. The molecule has 0 saturated heterocycles. The number of rotatable bonds is 5. The number of anilines is 2. The molecule has 0 fully saturated rings. The van der Waals surface area contributed by atoms with E-state index in [9.17, 15) is 14.9 Å². The van der Waals surface area contributed by atoms with Crippen LogP contribution in [0.4, 0.5) is 11.4 Å². The zero-order valence-electron chi connectivity index (χ0n) is 16.0. The van der Waals surface area contributed by atoms with Crippen LogP contribution in [0.1, 0.15) is 36.2 Å². The molecule has 0 bridgehead atoms. The van der Waals surface area contributed by atoms with Gasteiger partial charge in [-0.2, -0.15) is 5.26 Å². The molecule has 1 aromatic heterocycles. The van der Waals surface area contributed by atoms with E-state index in [0.29, 0.717) is 22.0 Å². The Hall–Kier alpha value is -2.85. The second kappa shape index (κ2) is 8.69. The highest BCUT2D eigenvalue weighted by atomic mass is 32.2. The maximum absolute atomic E-state index is 12.5. The van der Waals surface area contributed by atoms with Crippen molar-refractivity contribution in [3.8, 4) is 6.07 Å². The molecule has 0 spiro atoms. The fourth-order valence-corrected chi connectivity index (χ4v) is 3.44. The highest BCUT2D eigenvalue weighted by Crippen LogP contribution is 2.30. The molecule has 1 heterocycles. The molecule has 2 amide bonds. The van der Waals surface area contributed by atoms with Crippen molar-refractivity contribution in [3.05, 3.63) is 46.6 Å². The molecule has 1 unspecified atom stereocenters. The molecule has 0 aliphatic heterocycles. The van der Waals surface area contributed by atoms with Gasteiger partial charge in [0.15, 0.2) is 0 Å². The first-order valence-corrected chi connectivity index (χ1v) is 9.34. The summed E-state index contributed by atoms with van der Waals surface area (Å²) in [6.07, 6.45) is 0. The number of nitriles is 1. The fourth-order valence-electron chi connectivity index (χ4n) is 2.43. The first-order valence-electron chi connectivity index (χ1n) is 8.46. The standard InChI is InChI=1S/C20H22N4O2S/c1-11-12(2)18(10-21)20(22-13(11)3)27-14(4)19(26)24-17-8-6-16(7-9-17)23-15(5)25/h6-9,14H,1-5H3,(H,23,25)(H,24,26). The molecular weight excluding hydrogens is 360 g/mol. The molecule has 27 heavy (non-hydrogen) atoms. The summed E-state index contributed by atoms with van der Waals surface area (Å²) in [4.78, 5) is 28.0. The van der Waals surface area contributed by atoms with Crippen LogP contribution >= 0.6 is 11.8 Å². The average Bonchev–Trinajstić information content (AvgIpc) is 2.61. The molecule has 2 aromatic rings. The van der Waals surface area contributed by atoms with Gasteiger partial charge in [0.25, 0.3) is 0 Å². The zero-order chi connectivity index (χ0) is 20.1. The minimum atomic E-state index is -0.430. The predicted molar refractivity (Wildman–Crippen MR) is 108 cm³/mol. The number of thioether (sulfide) groups is 1. The molecule has 140 valence electrons. The number of aromatic nitrogens is 1. The van der Waals surface area contributed by atoms with Gasteiger partial charge in [0.1, 0.15) is 11.1 Å². The van der Waals surface area contributed by atoms with E-state index in [0.717, 1.165) is 16.8 Å². The molecule has 0 aliphatic rings. The van der Waals surface area contributed by atoms with E-state index in [1.807, 2.05) is 20.8 Å². The van der Waals surface area contributed by atoms with E-state index in [1.165, 1.54) is 18.7 Å². The molecule has 0 aliphatic carbocycles. The highest BCUT2D eigenvalue weighted by molar-refractivity contribution is 8.00. The van der Waals surface area contributed by atoms with Gasteiger partial charge in [-0.05, 0) is 63.1 Å². The summed E-state index contributed by atoms with van der Waals surface area (Å²) < 4.78 is 0. The van der Waals surface area contributed by atoms with Crippen molar-refractivity contribution in [2.45, 2.75) is 44.9 Å². The number of nitrogens with one attached hydrogen (secondary N) is 2. The van der Waals surface area contributed by atoms with Crippen LogP contribution in [0.3, 0.4) is 0 Å². The molecule has 1 atom stereocenters. The van der Waals surface area contributed by atoms with E-state index in [4.69, 9.17) is 0 Å². The molecule has 2 N–H and O–H groups in total. The van der Waals surface area contributed by atoms with Crippen LogP contribution in [0.5, 0.6) is 0 Å². The number of nitrogens with zero attached hydrogens (tertiary/aromatic N) is 2. The second-order valence-corrected chi connectivity index (χ2v) is 7.58. The third-order valence-electron chi connectivity index (χ3n) is 4.21. The molecule has 7 heteroatoms. The summed E-state index contributed by atoms with van der Waals surface area (Å²) in [5.74, 6) is -0.338. The fraction of sp³-hybridized carbons (Fsp3) is 0.300. The monoisotopic (exact) mass is 382 g/mol. The van der Waals surface area contributed by atoms with Crippen molar-refractivity contribution >= 4 is 35.0 Å². The minimum absolute atomic E-state index is 0.152. The third kappa shape index (κ3) is 5.08. The molecular formula is C20H22N4O2S. The molecule has 0 saturated carbocycles. The van der Waals surface area contributed by atoms with Crippen molar-refractivity contribution in [1.29, 1.82) is 5.26 Å². The summed E-state index contributed by atoms with van der Waals surface area (Å²) >= 11 is 1.27. The lowest BCUT2D eigenvalue weighted by atomic mass is 10.1. The average molecular weight is 382 g/mol. The van der Waals surface area contributed by atoms with Gasteiger partial charge in [0.2, 0.25) is 11.8 Å². The van der Waals surface area contributed by atoms with Gasteiger partial charge in [-0.3, -0.25) is 9.59 Å². The molecule has 6 nitrogen and oxygen atoms in total. The van der Waals surface area contributed by atoms with Crippen LogP contribution in [-0.2, 0) is 9.59 Å². The Kier molecular flexibility index (Phi) is 6.59. The number of pyridine rings is 1. The minimum Gasteiger partial charge on any atom is -0.326 e. The summed E-state index contributed by atoms with van der Waals surface area (Å²) in [6, 6.07) is 9.08. The highest BCUT2D eigenvalue weighted by Gasteiger charge is 2.20. The van der Waals surface area contributed by atoms with Crippen LogP contribution < -0.4 is 10.6 Å². The Labute approximate surface area is 163 Å². The number of carbonyl (C=O) groups is 2. The number of benzene rings is 1. The largest absolute Gasteiger partial charge is 0.326 e. The van der Waals surface area contributed by atoms with E-state index in [-0.39, 0.29) is 11.8 Å². The maximum atomic E-state index is 12.5. The lowest BCUT2D eigenvalue weighted by Crippen LogP contribution is -2.22. The van der Waals surface area contributed by atoms with Crippen LogP contribution in [0.2, 0.25) is 0 Å². The number of aryl methyl sites for hydroxylation is 1. The second-order valence-electron chi connectivity index (χ2n) is 6.25. The third-order valence-corrected chi connectivity index (χ3v) is 5.29. The first-order chi connectivity index (χ1) is 12.7. The number of carbonyl (C=O) groups excluding carboxylic acids is 2. The van der Waals surface area contributed by atoms with Crippen molar-refractivity contribution in [3.63, 3.8) is 0 Å². The molecule has 2 rings (SSSR count). The molecule has 1 aromatic carbocycles. The summed E-state index contributed by atoms with van der Waals surface area (Å²) in [7, 11) is 0. The van der Waals surface area contributed by atoms with E-state index < -0.39 is 5.25 Å². The SMILES string of the molecule is CC(=O)Nc1ccc(NC(=O)C(C)Sc2nc(C)c(C)c(C)c2C#N)cc1. The van der Waals surface area contributed by atoms with Crippen molar-refractivity contribution < 1.29 is 9.59 Å². The van der Waals surface area contributed by atoms with E-state index in [2.05, 4.69) is 21.7 Å². The quantitative estimate of drug-likeness (QED) is 0.763. The lowest BCUT2D eigenvalue weighted by molar-refractivity contribution is -0.115. The Bertz CT molecular complexity index is 917. The van der Waals surface area contributed by atoms with E-state index in [1.54, 1.807) is 31.2 Å². The normalized spacial score (nSPS) is 11.4. The summed E-state index contributed by atoms with van der Waals surface area (Å²) in [5, 5.41) is 15.1. The molecule has 0 radical (unpaired) electrons. The summed E-state index contributed by atoms with van der Waals surface area (Å²) in [6.45, 7) is 8.95. The van der Waals surface area contributed by atoms with Gasteiger partial charge in [-0.15, -0.1) is 0 Å². The smallest absolute Gasteiger partial charge is 0.237 e. The van der Waals surface area contributed by atoms with Crippen LogP contribution in [-0.4, -0.2) is 22.0 Å². The Morgan fingerprint density at radius 3 is 2.15 bits per heavy atom. The van der Waals surface area contributed by atoms with Gasteiger partial charge in [-0.25, -0.2) is 4.98 Å². The van der Waals surface area contributed by atoms with Gasteiger partial charge in [0, 0.05) is 24.0 Å². The lowest BCUT2D eigenvalue weighted by Gasteiger charge is -2.15. The Morgan fingerprint density at radius 1 is 1.07 bits per heavy atom. The van der Waals surface area contributed by atoms with Crippen LogP contribution in [0.25, 0.3) is 0 Å². The van der Waals surface area contributed by atoms with Crippen LogP contribution in [0.15, 0.2) is 29.3 Å². The van der Waals surface area contributed by atoms with Crippen molar-refractivity contribution in [1.82, 2.24) is 4.98 Å². The van der Waals surface area contributed by atoms with Crippen LogP contribution in [0, 0.1) is 32.1 Å². The number of hydrogen-bond donors (Lipinski definition) is 2. The van der Waals surface area contributed by atoms with Crippen molar-refractivity contribution in [2.24, 2.45) is 0 Å². The first kappa shape index (κ1) is 20.5. The van der Waals surface area contributed by atoms with Gasteiger partial charge in [0.05, 0.1) is 10.8 Å². The zero-order valence-corrected chi connectivity index (χ0v) is 16.8. The van der Waals surface area contributed by atoms with Gasteiger partial charge >= 0.3 is 0 Å². The van der Waals surface area contributed by atoms with Crippen molar-refractivity contribution in [2.75, 3.05) is 10.6 Å². The van der Waals surface area contributed by atoms with E-state index >= 15 is 0 Å². The topological polar surface area (TPSA) is 94.9 Å². The van der Waals surface area contributed by atoms with Gasteiger partial charge in [-0.1, -0.05) is 11.8 Å². The maximum Gasteiger partial charge on any atom is 0.237 e. The Balaban J connectivity index is 2.10. The van der Waals surface area contributed by atoms with Gasteiger partial charge < -0.3 is 10.6 Å². The number of hydrogen-bond acceptors (Lipinski definition) is 5. The Morgan fingerprint density at radius 2 is 1.63 bits per heavy atom. The predicted octanol–water partition coefficient (Wildman–Crippen LogP) is 3.96.